The number of benzene rings is 1. The van der Waals surface area contributed by atoms with Crippen LogP contribution in [0.3, 0.4) is 0 Å². The first-order chi connectivity index (χ1) is 9.72. The van der Waals surface area contributed by atoms with Crippen LogP contribution in [0.1, 0.15) is 13.8 Å². The molecule has 1 aromatic rings. The molecule has 1 amide bonds. The molecular weight excluding hydrogens is 308 g/mol. The normalized spacial score (nSPS) is 11.9. The molecule has 114 valence electrons. The first kappa shape index (κ1) is 16.9. The quantitative estimate of drug-likeness (QED) is 0.816. The van der Waals surface area contributed by atoms with Gasteiger partial charge in [-0.15, -0.1) is 0 Å². The van der Waals surface area contributed by atoms with Gasteiger partial charge in [-0.25, -0.2) is 4.79 Å². The Kier molecular flexibility index (Phi) is 5.66. The van der Waals surface area contributed by atoms with Crippen LogP contribution in [-0.2, 0) is 9.59 Å². The topological polar surface area (TPSA) is 75.6 Å². The zero-order chi connectivity index (χ0) is 16.2. The molecule has 2 N–H and O–H groups in total. The summed E-state index contributed by atoms with van der Waals surface area (Å²) in [7, 11) is 0. The number of nitrogens with one attached hydrogen (secondary N) is 1. The van der Waals surface area contributed by atoms with Crippen molar-refractivity contribution in [3.8, 4) is 5.75 Å². The third-order valence-electron chi connectivity index (χ3n) is 2.63. The lowest BCUT2D eigenvalue weighted by atomic mass is 10.1. The number of carboxylic acids is 1. The van der Waals surface area contributed by atoms with Crippen LogP contribution in [0.25, 0.3) is 0 Å². The molecule has 0 saturated carbocycles. The molecule has 0 saturated heterocycles. The van der Waals surface area contributed by atoms with Gasteiger partial charge in [0.2, 0.25) is 0 Å². The highest BCUT2D eigenvalue weighted by molar-refractivity contribution is 6.32. The molecule has 0 aliphatic rings. The number of rotatable bonds is 5. The molecule has 0 atom stereocenters. The summed E-state index contributed by atoms with van der Waals surface area (Å²) < 4.78 is 28.3. The number of halogens is 3. The summed E-state index contributed by atoms with van der Waals surface area (Å²) in [6.45, 7) is -0.357. The molecule has 0 radical (unpaired) electrons. The highest BCUT2D eigenvalue weighted by Gasteiger charge is 2.14. The van der Waals surface area contributed by atoms with E-state index in [0.717, 1.165) is 0 Å². The Bertz CT molecular complexity index is 602. The van der Waals surface area contributed by atoms with Crippen LogP contribution < -0.4 is 10.1 Å². The minimum absolute atomic E-state index is 0.0199. The zero-order valence-corrected chi connectivity index (χ0v) is 11.9. The van der Waals surface area contributed by atoms with Crippen LogP contribution in [0.2, 0.25) is 5.02 Å². The van der Waals surface area contributed by atoms with Crippen molar-refractivity contribution < 1.29 is 28.2 Å². The van der Waals surface area contributed by atoms with E-state index in [2.05, 4.69) is 10.1 Å². The molecule has 0 bridgehead atoms. The van der Waals surface area contributed by atoms with Crippen molar-refractivity contribution >= 4 is 29.2 Å². The van der Waals surface area contributed by atoms with Crippen LogP contribution in [0.4, 0.5) is 14.5 Å². The van der Waals surface area contributed by atoms with E-state index in [0.29, 0.717) is 0 Å². The maximum Gasteiger partial charge on any atom is 0.387 e. The van der Waals surface area contributed by atoms with Gasteiger partial charge in [-0.3, -0.25) is 4.79 Å². The Balaban J connectivity index is 2.90. The second-order valence-corrected chi connectivity index (χ2v) is 4.44. The minimum atomic E-state index is -3.01. The van der Waals surface area contributed by atoms with Gasteiger partial charge < -0.3 is 15.2 Å². The summed E-state index contributed by atoms with van der Waals surface area (Å²) in [6, 6.07) is 3.71. The molecule has 0 aromatic heterocycles. The molecule has 1 aromatic carbocycles. The average Bonchev–Trinajstić information content (AvgIpc) is 2.39. The summed E-state index contributed by atoms with van der Waals surface area (Å²) in [5.74, 6) is -2.06. The van der Waals surface area contributed by atoms with Crippen LogP contribution in [-0.4, -0.2) is 23.6 Å². The van der Waals surface area contributed by atoms with Crippen molar-refractivity contribution in [2.24, 2.45) is 0 Å². The number of carboxylic acid groups (broad SMARTS) is 1. The van der Waals surface area contributed by atoms with E-state index in [1.165, 1.54) is 32.0 Å². The fourth-order valence-corrected chi connectivity index (χ4v) is 1.55. The largest absolute Gasteiger partial charge is 0.478 e. The van der Waals surface area contributed by atoms with Crippen LogP contribution in [0.15, 0.2) is 29.3 Å². The van der Waals surface area contributed by atoms with E-state index >= 15 is 0 Å². The van der Waals surface area contributed by atoms with Gasteiger partial charge in [0.1, 0.15) is 5.75 Å². The Hall–Kier alpha value is -2.15. The number of aliphatic carboxylic acids is 1. The van der Waals surface area contributed by atoms with E-state index in [9.17, 15) is 18.4 Å². The van der Waals surface area contributed by atoms with E-state index in [4.69, 9.17) is 16.7 Å². The van der Waals surface area contributed by atoms with Crippen molar-refractivity contribution in [1.82, 2.24) is 0 Å². The van der Waals surface area contributed by atoms with Crippen molar-refractivity contribution in [1.29, 1.82) is 0 Å². The summed E-state index contributed by atoms with van der Waals surface area (Å²) in [5.41, 5.74) is 0.145. The van der Waals surface area contributed by atoms with Crippen LogP contribution in [0, 0.1) is 0 Å². The molecule has 21 heavy (non-hydrogen) atoms. The monoisotopic (exact) mass is 319 g/mol. The fourth-order valence-electron chi connectivity index (χ4n) is 1.33. The lowest BCUT2D eigenvalue weighted by molar-refractivity contribution is -0.133. The molecule has 1 rings (SSSR count). The van der Waals surface area contributed by atoms with E-state index < -0.39 is 18.5 Å². The third kappa shape index (κ3) is 4.71. The van der Waals surface area contributed by atoms with Gasteiger partial charge in [0, 0.05) is 16.8 Å². The van der Waals surface area contributed by atoms with Gasteiger partial charge in [0.15, 0.2) is 0 Å². The van der Waals surface area contributed by atoms with E-state index in [-0.39, 0.29) is 27.6 Å². The van der Waals surface area contributed by atoms with Gasteiger partial charge in [0.25, 0.3) is 5.91 Å². The Morgan fingerprint density at radius 1 is 1.29 bits per heavy atom. The molecular formula is C13H12ClF2NO4. The zero-order valence-electron chi connectivity index (χ0n) is 11.1. The average molecular weight is 320 g/mol. The van der Waals surface area contributed by atoms with Gasteiger partial charge in [-0.2, -0.15) is 8.78 Å². The minimum Gasteiger partial charge on any atom is -0.478 e. The number of alkyl halides is 2. The van der Waals surface area contributed by atoms with E-state index in [1.54, 1.807) is 0 Å². The van der Waals surface area contributed by atoms with Crippen molar-refractivity contribution in [2.45, 2.75) is 20.5 Å². The van der Waals surface area contributed by atoms with Gasteiger partial charge in [-0.05, 0) is 32.0 Å². The second kappa shape index (κ2) is 7.03. The van der Waals surface area contributed by atoms with Crippen molar-refractivity contribution in [3.63, 3.8) is 0 Å². The summed E-state index contributed by atoms with van der Waals surface area (Å²) >= 11 is 5.73. The lowest BCUT2D eigenvalue weighted by Gasteiger charge is -2.10. The van der Waals surface area contributed by atoms with Crippen LogP contribution >= 0.6 is 11.6 Å². The number of amides is 1. The van der Waals surface area contributed by atoms with Gasteiger partial charge in [-0.1, -0.05) is 11.6 Å². The molecule has 0 aliphatic heterocycles. The number of carbonyl (C=O) groups is 2. The predicted octanol–water partition coefficient (Wildman–Crippen LogP) is 3.30. The van der Waals surface area contributed by atoms with Gasteiger partial charge >= 0.3 is 12.6 Å². The maximum absolute atomic E-state index is 12.1. The van der Waals surface area contributed by atoms with Crippen molar-refractivity contribution in [2.75, 3.05) is 5.32 Å². The fraction of sp³-hybridized carbons (Fsp3) is 0.231. The summed E-state index contributed by atoms with van der Waals surface area (Å²) in [6.07, 6.45) is 0. The summed E-state index contributed by atoms with van der Waals surface area (Å²) in [4.78, 5) is 22.6. The second-order valence-electron chi connectivity index (χ2n) is 4.03. The van der Waals surface area contributed by atoms with Crippen LogP contribution in [0.5, 0.6) is 5.75 Å². The first-order valence-corrected chi connectivity index (χ1v) is 6.06. The third-order valence-corrected chi connectivity index (χ3v) is 2.93. The Morgan fingerprint density at radius 2 is 1.90 bits per heavy atom. The first-order valence-electron chi connectivity index (χ1n) is 5.69. The molecule has 0 aliphatic carbocycles. The summed E-state index contributed by atoms with van der Waals surface area (Å²) in [5, 5.41) is 11.1. The highest BCUT2D eigenvalue weighted by Crippen LogP contribution is 2.29. The number of anilines is 1. The SMILES string of the molecule is CC(C(=O)O)=C(C)C(=O)Nc1ccc(OC(F)F)c(Cl)c1. The predicted molar refractivity (Wildman–Crippen MR) is 72.7 cm³/mol. The standard InChI is InChI=1S/C13H12ClF2NO4/c1-6(7(2)12(19)20)11(18)17-8-3-4-10(9(14)5-8)21-13(15)16/h3-5,13H,1-2H3,(H,17,18)(H,19,20). The lowest BCUT2D eigenvalue weighted by Crippen LogP contribution is -2.16. The Morgan fingerprint density at radius 3 is 2.38 bits per heavy atom. The van der Waals surface area contributed by atoms with Crippen molar-refractivity contribution in [3.05, 3.63) is 34.4 Å². The number of hydrogen-bond donors (Lipinski definition) is 2. The number of ether oxygens (including phenoxy) is 1. The molecule has 0 unspecified atom stereocenters. The molecule has 0 fully saturated rings. The highest BCUT2D eigenvalue weighted by atomic mass is 35.5. The molecule has 0 spiro atoms. The van der Waals surface area contributed by atoms with E-state index in [1.807, 2.05) is 0 Å². The molecule has 8 heteroatoms. The van der Waals surface area contributed by atoms with Gasteiger partial charge in [0.05, 0.1) is 5.02 Å². The molecule has 5 nitrogen and oxygen atoms in total. The number of carbonyl (C=O) groups excluding carboxylic acids is 1. The smallest absolute Gasteiger partial charge is 0.387 e. The Labute approximate surface area is 124 Å². The molecule has 0 heterocycles. The maximum atomic E-state index is 12.1. The number of hydrogen-bond acceptors (Lipinski definition) is 3.